The number of halogens is 1. The molecule has 0 aromatic heterocycles. The second kappa shape index (κ2) is 15.6. The third-order valence-corrected chi connectivity index (χ3v) is 13.9. The smallest absolute Gasteiger partial charge is 0.410 e. The normalized spacial score (nSPS) is 20.9. The number of nitrogens with zero attached hydrogens (tertiary/aromatic N) is 4. The first kappa shape index (κ1) is 36.7. The van der Waals surface area contributed by atoms with E-state index in [2.05, 4.69) is 5.32 Å². The van der Waals surface area contributed by atoms with Crippen molar-refractivity contribution >= 4 is 57.8 Å². The third-order valence-electron chi connectivity index (χ3n) is 11.2. The fourth-order valence-electron chi connectivity index (χ4n) is 8.23. The van der Waals surface area contributed by atoms with Gasteiger partial charge in [0.2, 0.25) is 0 Å². The number of carbonyl (C=O) groups excluding carboxylic acids is 3. The van der Waals surface area contributed by atoms with Crippen LogP contribution in [-0.4, -0.2) is 103 Å². The SMILES string of the molecule is Cc1cc(C[C@@H](OC(=O)N2CCC(N3CCc4ccccc4NC3=O)CC2)C(=O)N2CCC(C3CCN(S(=O)(=O)I)CC3)CC2)cc(C)c1N. The molecule has 4 heterocycles. The number of nitrogens with two attached hydrogens (primary N) is 1. The lowest BCUT2D eigenvalue weighted by Gasteiger charge is -2.40. The molecule has 0 bridgehead atoms. The minimum Gasteiger partial charge on any atom is -0.436 e. The highest BCUT2D eigenvalue weighted by Crippen LogP contribution is 2.34. The molecule has 3 N–H and O–H groups in total. The van der Waals surface area contributed by atoms with Crippen molar-refractivity contribution in [2.24, 2.45) is 11.8 Å². The highest BCUT2D eigenvalue weighted by Gasteiger charge is 2.37. The number of benzene rings is 2. The van der Waals surface area contributed by atoms with Crippen LogP contribution in [0.15, 0.2) is 36.4 Å². The number of hydrogen-bond acceptors (Lipinski definition) is 7. The van der Waals surface area contributed by atoms with Gasteiger partial charge in [0.1, 0.15) is 0 Å². The molecule has 2 aromatic carbocycles. The number of ether oxygens (including phenoxy) is 1. The molecule has 0 radical (unpaired) electrons. The van der Waals surface area contributed by atoms with Crippen molar-refractivity contribution < 1.29 is 27.5 Å². The maximum atomic E-state index is 14.1. The van der Waals surface area contributed by atoms with Gasteiger partial charge in [-0.25, -0.2) is 18.0 Å². The van der Waals surface area contributed by atoms with E-state index in [4.69, 9.17) is 10.5 Å². The van der Waals surface area contributed by atoms with Gasteiger partial charge in [0.05, 0.1) is 21.2 Å². The zero-order valence-corrected chi connectivity index (χ0v) is 32.0. The van der Waals surface area contributed by atoms with Crippen molar-refractivity contribution in [1.29, 1.82) is 0 Å². The first-order valence-corrected chi connectivity index (χ1v) is 21.8. The van der Waals surface area contributed by atoms with Gasteiger partial charge in [0.15, 0.2) is 6.10 Å². The molecule has 0 spiro atoms. The number of likely N-dealkylation sites (tertiary alicyclic amines) is 2. The van der Waals surface area contributed by atoms with E-state index in [-0.39, 0.29) is 24.4 Å². The van der Waals surface area contributed by atoms with E-state index in [1.54, 1.807) is 9.21 Å². The van der Waals surface area contributed by atoms with Crippen molar-refractivity contribution in [2.75, 3.05) is 56.9 Å². The Morgan fingerprint density at radius 3 is 2.10 bits per heavy atom. The van der Waals surface area contributed by atoms with E-state index >= 15 is 0 Å². The molecule has 4 aliphatic heterocycles. The molecule has 2 aromatic rings. The number of piperidine rings is 3. The van der Waals surface area contributed by atoms with E-state index in [0.29, 0.717) is 76.2 Å². The summed E-state index contributed by atoms with van der Waals surface area (Å²) in [5.74, 6) is 0.684. The van der Waals surface area contributed by atoms with Crippen LogP contribution in [0.2, 0.25) is 0 Å². The van der Waals surface area contributed by atoms with Crippen molar-refractivity contribution in [3.8, 4) is 0 Å². The number of amides is 4. The summed E-state index contributed by atoms with van der Waals surface area (Å²) in [6.07, 6.45) is 4.15. The predicted molar refractivity (Wildman–Crippen MR) is 201 cm³/mol. The molecule has 12 nitrogen and oxygen atoms in total. The molecular formula is C36H49IN6O6S. The predicted octanol–water partition coefficient (Wildman–Crippen LogP) is 5.12. The van der Waals surface area contributed by atoms with Crippen LogP contribution in [0.25, 0.3) is 0 Å². The first-order chi connectivity index (χ1) is 23.9. The molecule has 3 saturated heterocycles. The highest BCUT2D eigenvalue weighted by atomic mass is 127. The molecule has 0 unspecified atom stereocenters. The number of nitrogens with one attached hydrogen (secondary N) is 1. The number of rotatable bonds is 7. The monoisotopic (exact) mass is 820 g/mol. The van der Waals surface area contributed by atoms with Crippen LogP contribution in [0.5, 0.6) is 0 Å². The zero-order chi connectivity index (χ0) is 35.6. The van der Waals surface area contributed by atoms with Crippen LogP contribution < -0.4 is 11.1 Å². The standard InChI is InChI=1S/C36H49IN6O6S/c1-24-21-26(22-25(2)33(24)38)23-32(34(44)40-14-7-27(8-15-40)28-9-18-42(19-10-28)50(37,47)48)49-36(46)41-16-12-30(13-17-41)43-20-11-29-5-3-4-6-31(29)39-35(43)45/h3-6,21-22,27-28,30,32H,7-20,23,38H2,1-2H3,(H,39,45)/t32-/m1/s1. The Hall–Kier alpha value is -3.11. The van der Waals surface area contributed by atoms with Crippen LogP contribution in [-0.2, 0) is 29.6 Å². The number of fused-ring (bicyclic) bond motifs is 1. The topological polar surface area (TPSA) is 146 Å². The molecule has 50 heavy (non-hydrogen) atoms. The number of anilines is 2. The number of urea groups is 1. The molecule has 272 valence electrons. The number of hydrogen-bond donors (Lipinski definition) is 2. The van der Waals surface area contributed by atoms with Crippen LogP contribution in [0.4, 0.5) is 21.0 Å². The van der Waals surface area contributed by atoms with Gasteiger partial charge in [0, 0.05) is 69.7 Å². The van der Waals surface area contributed by atoms with Crippen LogP contribution in [0, 0.1) is 25.7 Å². The minimum absolute atomic E-state index is 0.00558. The molecule has 1 atom stereocenters. The second-order valence-electron chi connectivity index (χ2n) is 14.3. The zero-order valence-electron chi connectivity index (χ0n) is 29.0. The summed E-state index contributed by atoms with van der Waals surface area (Å²) in [5.41, 5.74) is 11.6. The number of aryl methyl sites for hydroxylation is 2. The first-order valence-electron chi connectivity index (χ1n) is 17.8. The van der Waals surface area contributed by atoms with E-state index in [1.807, 2.05) is 60.0 Å². The Labute approximate surface area is 307 Å². The van der Waals surface area contributed by atoms with Gasteiger partial charge in [-0.05, 0) is 98.9 Å². The molecule has 0 saturated carbocycles. The molecule has 6 rings (SSSR count). The van der Waals surface area contributed by atoms with Gasteiger partial charge in [-0.3, -0.25) is 4.79 Å². The maximum absolute atomic E-state index is 14.1. The quantitative estimate of drug-likeness (QED) is 0.224. The van der Waals surface area contributed by atoms with E-state index in [9.17, 15) is 22.8 Å². The van der Waals surface area contributed by atoms with Crippen molar-refractivity contribution in [3.63, 3.8) is 0 Å². The fourth-order valence-corrected chi connectivity index (χ4v) is 10.1. The second-order valence-corrected chi connectivity index (χ2v) is 19.0. The lowest BCUT2D eigenvalue weighted by Crippen LogP contribution is -2.52. The van der Waals surface area contributed by atoms with Crippen LogP contribution >= 0.6 is 21.2 Å². The Balaban J connectivity index is 1.07. The van der Waals surface area contributed by atoms with Gasteiger partial charge in [-0.1, -0.05) is 30.3 Å². The largest absolute Gasteiger partial charge is 0.436 e. The van der Waals surface area contributed by atoms with Gasteiger partial charge in [0.25, 0.3) is 13.1 Å². The van der Waals surface area contributed by atoms with Gasteiger partial charge in [-0.2, -0.15) is 4.31 Å². The minimum atomic E-state index is -3.20. The molecule has 4 amide bonds. The summed E-state index contributed by atoms with van der Waals surface area (Å²) >= 11 is 1.51. The van der Waals surface area contributed by atoms with Crippen molar-refractivity contribution in [2.45, 2.75) is 77.4 Å². The fraction of sp³-hybridized carbons (Fsp3) is 0.583. The maximum Gasteiger partial charge on any atom is 0.410 e. The average Bonchev–Trinajstić information content (AvgIpc) is 3.27. The van der Waals surface area contributed by atoms with E-state index in [0.717, 1.165) is 60.0 Å². The lowest BCUT2D eigenvalue weighted by molar-refractivity contribution is -0.142. The lowest BCUT2D eigenvalue weighted by atomic mass is 9.79. The van der Waals surface area contributed by atoms with E-state index in [1.165, 1.54) is 21.2 Å². The van der Waals surface area contributed by atoms with Crippen LogP contribution in [0.3, 0.4) is 0 Å². The number of para-hydroxylation sites is 1. The van der Waals surface area contributed by atoms with E-state index < -0.39 is 19.4 Å². The Kier molecular flexibility index (Phi) is 11.5. The molecule has 14 heteroatoms. The Bertz CT molecular complexity index is 1660. The summed E-state index contributed by atoms with van der Waals surface area (Å²) in [4.78, 5) is 46.2. The van der Waals surface area contributed by atoms with Gasteiger partial charge in [-0.15, -0.1) is 0 Å². The molecular weight excluding hydrogens is 771 g/mol. The van der Waals surface area contributed by atoms with Crippen LogP contribution in [0.1, 0.15) is 60.8 Å². The summed E-state index contributed by atoms with van der Waals surface area (Å²) in [6.45, 7) is 7.61. The third kappa shape index (κ3) is 8.50. The summed E-state index contributed by atoms with van der Waals surface area (Å²) < 4.78 is 31.5. The average molecular weight is 821 g/mol. The van der Waals surface area contributed by atoms with Gasteiger partial charge >= 0.3 is 12.1 Å². The number of carbonyl (C=O) groups is 3. The van der Waals surface area contributed by atoms with Gasteiger partial charge < -0.3 is 30.5 Å². The highest BCUT2D eigenvalue weighted by molar-refractivity contribution is 14.2. The van der Waals surface area contributed by atoms with Crippen molar-refractivity contribution in [3.05, 3.63) is 58.7 Å². The summed E-state index contributed by atoms with van der Waals surface area (Å²) in [6, 6.07) is 11.7. The summed E-state index contributed by atoms with van der Waals surface area (Å²) in [5, 5.41) is 3.04. The molecule has 4 aliphatic rings. The van der Waals surface area contributed by atoms with Crippen molar-refractivity contribution in [1.82, 2.24) is 19.0 Å². The number of nitrogen functional groups attached to an aromatic ring is 1. The molecule has 3 fully saturated rings. The Morgan fingerprint density at radius 1 is 0.900 bits per heavy atom. The Morgan fingerprint density at radius 2 is 1.48 bits per heavy atom. The summed E-state index contributed by atoms with van der Waals surface area (Å²) in [7, 11) is -3.20. The molecule has 0 aliphatic carbocycles.